The molecule has 0 unspecified atom stereocenters. The second-order valence-corrected chi connectivity index (χ2v) is 6.05. The Morgan fingerprint density at radius 2 is 2.04 bits per heavy atom. The van der Waals surface area contributed by atoms with E-state index in [1.165, 1.54) is 0 Å². The van der Waals surface area contributed by atoms with E-state index in [4.69, 9.17) is 0 Å². The van der Waals surface area contributed by atoms with E-state index < -0.39 is 0 Å². The first kappa shape index (κ1) is 16.9. The van der Waals surface area contributed by atoms with Gasteiger partial charge in [0.2, 0.25) is 0 Å². The fourth-order valence-electron chi connectivity index (χ4n) is 2.81. The summed E-state index contributed by atoms with van der Waals surface area (Å²) in [7, 11) is 1.86. The summed E-state index contributed by atoms with van der Waals surface area (Å²) >= 11 is 0. The van der Waals surface area contributed by atoms with Crippen LogP contribution in [0.3, 0.4) is 0 Å². The number of pyridine rings is 1. The van der Waals surface area contributed by atoms with E-state index in [0.29, 0.717) is 18.7 Å². The maximum absolute atomic E-state index is 12.7. The second kappa shape index (κ2) is 7.30. The second-order valence-electron chi connectivity index (χ2n) is 6.05. The van der Waals surface area contributed by atoms with Gasteiger partial charge in [-0.3, -0.25) is 14.8 Å². The molecule has 0 saturated heterocycles. The van der Waals surface area contributed by atoms with Gasteiger partial charge in [0.05, 0.1) is 18.8 Å². The highest BCUT2D eigenvalue weighted by atomic mass is 16.1. The van der Waals surface area contributed by atoms with Crippen LogP contribution in [0.25, 0.3) is 11.1 Å². The lowest BCUT2D eigenvalue weighted by atomic mass is 9.98. The molecular formula is C20H22N4O. The van der Waals surface area contributed by atoms with Crippen molar-refractivity contribution in [1.82, 2.24) is 10.3 Å². The number of anilines is 1. The largest absolute Gasteiger partial charge is 0.388 e. The Bertz CT molecular complexity index is 851. The van der Waals surface area contributed by atoms with Gasteiger partial charge in [0.1, 0.15) is 0 Å². The number of rotatable bonds is 5. The Morgan fingerprint density at radius 1 is 1.20 bits per heavy atom. The number of nitrogens with zero attached hydrogens (tertiary/aromatic N) is 2. The zero-order valence-corrected chi connectivity index (χ0v) is 14.8. The number of hydrogen-bond donors (Lipinski definition) is 2. The van der Waals surface area contributed by atoms with Crippen molar-refractivity contribution in [3.05, 3.63) is 59.4 Å². The van der Waals surface area contributed by atoms with E-state index in [1.54, 1.807) is 0 Å². The van der Waals surface area contributed by atoms with Crippen molar-refractivity contribution in [3.63, 3.8) is 0 Å². The van der Waals surface area contributed by atoms with E-state index in [9.17, 15) is 4.79 Å². The van der Waals surface area contributed by atoms with Gasteiger partial charge in [-0.15, -0.1) is 0 Å². The van der Waals surface area contributed by atoms with Crippen LogP contribution in [0.2, 0.25) is 0 Å². The minimum Gasteiger partial charge on any atom is -0.388 e. The number of benzene rings is 1. The van der Waals surface area contributed by atoms with Crippen molar-refractivity contribution in [2.24, 2.45) is 4.99 Å². The van der Waals surface area contributed by atoms with Crippen LogP contribution >= 0.6 is 0 Å². The predicted molar refractivity (Wildman–Crippen MR) is 102 cm³/mol. The van der Waals surface area contributed by atoms with Crippen LogP contribution in [0.1, 0.15) is 21.6 Å². The number of aryl methyl sites for hydroxylation is 1. The minimum atomic E-state index is -0.0982. The predicted octanol–water partition coefficient (Wildman–Crippen LogP) is 3.15. The lowest BCUT2D eigenvalue weighted by Crippen LogP contribution is -2.29. The first-order chi connectivity index (χ1) is 12.1. The van der Waals surface area contributed by atoms with Crippen LogP contribution in [0.15, 0.2) is 47.6 Å². The summed E-state index contributed by atoms with van der Waals surface area (Å²) < 4.78 is 0. The first-order valence-corrected chi connectivity index (χ1v) is 8.32. The van der Waals surface area contributed by atoms with Gasteiger partial charge in [-0.05, 0) is 49.2 Å². The van der Waals surface area contributed by atoms with Crippen LogP contribution in [0.4, 0.5) is 5.69 Å². The van der Waals surface area contributed by atoms with Crippen molar-refractivity contribution in [2.45, 2.75) is 13.8 Å². The van der Waals surface area contributed by atoms with Crippen molar-refractivity contribution in [2.75, 3.05) is 25.5 Å². The number of carbonyl (C=O) groups excluding carboxylic acids is 1. The summed E-state index contributed by atoms with van der Waals surface area (Å²) in [6, 6.07) is 7.96. The van der Waals surface area contributed by atoms with Gasteiger partial charge in [0.15, 0.2) is 0 Å². The fourth-order valence-corrected chi connectivity index (χ4v) is 2.81. The SMILES string of the molecule is CNc1cc(-c2ccc(C)nc2)cc(C(=O)NCC2=NCC=C2)c1C. The highest BCUT2D eigenvalue weighted by Crippen LogP contribution is 2.28. The van der Waals surface area contributed by atoms with Crippen LogP contribution in [-0.4, -0.2) is 36.7 Å². The zero-order chi connectivity index (χ0) is 17.8. The Kier molecular flexibility index (Phi) is 4.93. The molecule has 2 N–H and O–H groups in total. The van der Waals surface area contributed by atoms with Gasteiger partial charge in [0, 0.05) is 35.8 Å². The normalized spacial score (nSPS) is 12.8. The quantitative estimate of drug-likeness (QED) is 0.883. The number of nitrogens with one attached hydrogen (secondary N) is 2. The van der Waals surface area contributed by atoms with Crippen molar-refractivity contribution in [1.29, 1.82) is 0 Å². The third kappa shape index (κ3) is 3.76. The molecule has 128 valence electrons. The molecule has 0 aliphatic carbocycles. The average molecular weight is 334 g/mol. The van der Waals surface area contributed by atoms with Crippen molar-refractivity contribution >= 4 is 17.3 Å². The van der Waals surface area contributed by atoms with Gasteiger partial charge in [0.25, 0.3) is 5.91 Å². The molecule has 1 aromatic heterocycles. The van der Waals surface area contributed by atoms with Gasteiger partial charge in [-0.25, -0.2) is 0 Å². The van der Waals surface area contributed by atoms with Crippen LogP contribution in [0, 0.1) is 13.8 Å². The summed E-state index contributed by atoms with van der Waals surface area (Å²) in [5.41, 5.74) is 6.33. The topological polar surface area (TPSA) is 66.4 Å². The average Bonchev–Trinajstić information content (AvgIpc) is 3.14. The number of aromatic nitrogens is 1. The Morgan fingerprint density at radius 3 is 2.68 bits per heavy atom. The highest BCUT2D eigenvalue weighted by molar-refractivity contribution is 6.04. The molecule has 0 fully saturated rings. The van der Waals surface area contributed by atoms with Crippen molar-refractivity contribution < 1.29 is 4.79 Å². The molecular weight excluding hydrogens is 312 g/mol. The van der Waals surface area contributed by atoms with E-state index in [1.807, 2.05) is 63.5 Å². The molecule has 2 heterocycles. The van der Waals surface area contributed by atoms with E-state index in [-0.39, 0.29) is 5.91 Å². The molecule has 0 bridgehead atoms. The summed E-state index contributed by atoms with van der Waals surface area (Å²) in [6.07, 6.45) is 5.76. The minimum absolute atomic E-state index is 0.0982. The Balaban J connectivity index is 1.91. The monoisotopic (exact) mass is 334 g/mol. The van der Waals surface area contributed by atoms with E-state index >= 15 is 0 Å². The number of aliphatic imine (C=N–C) groups is 1. The molecule has 3 rings (SSSR count). The maximum Gasteiger partial charge on any atom is 0.251 e. The van der Waals surface area contributed by atoms with Gasteiger partial charge in [-0.1, -0.05) is 12.1 Å². The summed E-state index contributed by atoms with van der Waals surface area (Å²) in [5.74, 6) is -0.0982. The van der Waals surface area contributed by atoms with E-state index in [0.717, 1.165) is 33.8 Å². The highest BCUT2D eigenvalue weighted by Gasteiger charge is 2.15. The summed E-state index contributed by atoms with van der Waals surface area (Å²) in [4.78, 5) is 21.3. The smallest absolute Gasteiger partial charge is 0.251 e. The fraction of sp³-hybridized carbons (Fsp3) is 0.250. The standard InChI is InChI=1S/C20H22N4O/c1-13-6-7-15(11-23-13)16-9-18(14(2)19(10-16)21-3)20(25)24-12-17-5-4-8-22-17/h4-7,9-11,21H,8,12H2,1-3H3,(H,24,25). The number of carbonyl (C=O) groups is 1. The maximum atomic E-state index is 12.7. The van der Waals surface area contributed by atoms with Crippen molar-refractivity contribution in [3.8, 4) is 11.1 Å². The molecule has 1 amide bonds. The molecule has 2 aromatic rings. The zero-order valence-electron chi connectivity index (χ0n) is 14.8. The molecule has 25 heavy (non-hydrogen) atoms. The molecule has 0 spiro atoms. The molecule has 5 nitrogen and oxygen atoms in total. The van der Waals surface area contributed by atoms with Crippen LogP contribution in [0.5, 0.6) is 0 Å². The summed E-state index contributed by atoms with van der Waals surface area (Å²) in [6.45, 7) is 5.05. The number of hydrogen-bond acceptors (Lipinski definition) is 4. The molecule has 0 radical (unpaired) electrons. The summed E-state index contributed by atoms with van der Waals surface area (Å²) in [5, 5.41) is 6.13. The molecule has 0 saturated carbocycles. The third-order valence-electron chi connectivity index (χ3n) is 4.31. The van der Waals surface area contributed by atoms with Gasteiger partial charge >= 0.3 is 0 Å². The molecule has 1 aliphatic heterocycles. The lowest BCUT2D eigenvalue weighted by molar-refractivity contribution is 0.0959. The lowest BCUT2D eigenvalue weighted by Gasteiger charge is -2.14. The molecule has 1 aromatic carbocycles. The van der Waals surface area contributed by atoms with Crippen LogP contribution < -0.4 is 10.6 Å². The van der Waals surface area contributed by atoms with Gasteiger partial charge < -0.3 is 10.6 Å². The number of amides is 1. The Labute approximate surface area is 147 Å². The third-order valence-corrected chi connectivity index (χ3v) is 4.31. The molecule has 5 heteroatoms. The van der Waals surface area contributed by atoms with E-state index in [2.05, 4.69) is 20.6 Å². The van der Waals surface area contributed by atoms with Gasteiger partial charge in [-0.2, -0.15) is 0 Å². The molecule has 0 atom stereocenters. The first-order valence-electron chi connectivity index (χ1n) is 8.32. The molecule has 1 aliphatic rings. The van der Waals surface area contributed by atoms with Crippen LogP contribution in [-0.2, 0) is 0 Å². The Hall–Kier alpha value is -2.95.